The maximum Gasteiger partial charge on any atom is 0.343 e. The zero-order chi connectivity index (χ0) is 27.1. The van der Waals surface area contributed by atoms with Crippen molar-refractivity contribution >= 4 is 36.1 Å². The van der Waals surface area contributed by atoms with Gasteiger partial charge in [-0.3, -0.25) is 9.59 Å². The highest BCUT2D eigenvalue weighted by Crippen LogP contribution is 2.42. The van der Waals surface area contributed by atoms with E-state index in [1.165, 1.54) is 6.92 Å². The van der Waals surface area contributed by atoms with Crippen molar-refractivity contribution in [1.82, 2.24) is 9.55 Å². The summed E-state index contributed by atoms with van der Waals surface area (Å²) < 4.78 is 12.3. The van der Waals surface area contributed by atoms with E-state index in [2.05, 4.69) is 33.9 Å². The lowest BCUT2D eigenvalue weighted by Crippen LogP contribution is -2.51. The van der Waals surface area contributed by atoms with Gasteiger partial charge in [-0.25, -0.2) is 9.78 Å². The number of rotatable bonds is 3. The minimum absolute atomic E-state index is 0.0335. The van der Waals surface area contributed by atoms with E-state index in [1.807, 2.05) is 12.1 Å². The van der Waals surface area contributed by atoms with E-state index in [0.717, 1.165) is 21.7 Å². The van der Waals surface area contributed by atoms with E-state index in [1.54, 1.807) is 23.6 Å². The van der Waals surface area contributed by atoms with Crippen LogP contribution in [-0.4, -0.2) is 34.7 Å². The summed E-state index contributed by atoms with van der Waals surface area (Å²) in [6, 6.07) is 7.18. The van der Waals surface area contributed by atoms with E-state index in [4.69, 9.17) is 14.5 Å². The van der Waals surface area contributed by atoms with Gasteiger partial charge in [-0.05, 0) is 46.5 Å². The Balaban J connectivity index is 1.86. The van der Waals surface area contributed by atoms with Crippen molar-refractivity contribution in [3.63, 3.8) is 0 Å². The molecule has 2 aliphatic heterocycles. The second-order valence-electron chi connectivity index (χ2n) is 11.6. The molecule has 0 aliphatic carbocycles. The Hall–Kier alpha value is -3.30. The van der Waals surface area contributed by atoms with Crippen LogP contribution in [0.25, 0.3) is 22.3 Å². The van der Waals surface area contributed by atoms with Gasteiger partial charge in [-0.2, -0.15) is 0 Å². The van der Waals surface area contributed by atoms with Crippen LogP contribution in [-0.2, 0) is 33.1 Å². The second kappa shape index (κ2) is 8.10. The maximum absolute atomic E-state index is 13.7. The molecule has 8 nitrogen and oxygen atoms in total. The van der Waals surface area contributed by atoms with Gasteiger partial charge in [0.2, 0.25) is 0 Å². The number of esters is 2. The first-order chi connectivity index (χ1) is 17.2. The predicted molar refractivity (Wildman–Crippen MR) is 143 cm³/mol. The van der Waals surface area contributed by atoms with Crippen LogP contribution >= 0.6 is 0 Å². The number of hydrogen-bond acceptors (Lipinski definition) is 7. The van der Waals surface area contributed by atoms with Gasteiger partial charge in [-0.15, -0.1) is 0 Å². The number of cyclic esters (lactones) is 1. The first kappa shape index (κ1) is 25.4. The van der Waals surface area contributed by atoms with Crippen molar-refractivity contribution in [2.75, 3.05) is 0 Å². The standard InChI is InChI=1S/C28H32N2O6Si/c1-8-28(34)20-12-22-23-18(13-30(22)25(32)19(20)14-35-26(28)33)24(37(6,7)27(3,4)5)17-11-16(36-15(2)31)9-10-21(17)29-23/h9-12,34H,8,13-14H2,1-7H3/t28-/m0/s1. The molecular formula is C28H32N2O6Si. The number of benzene rings is 1. The normalized spacial score (nSPS) is 18.8. The van der Waals surface area contributed by atoms with Gasteiger partial charge in [0.1, 0.15) is 12.4 Å². The van der Waals surface area contributed by atoms with Crippen molar-refractivity contribution in [1.29, 1.82) is 0 Å². The molecule has 0 fully saturated rings. The summed E-state index contributed by atoms with van der Waals surface area (Å²) >= 11 is 0. The topological polar surface area (TPSA) is 108 Å². The van der Waals surface area contributed by atoms with Crippen molar-refractivity contribution in [3.05, 3.63) is 51.3 Å². The Labute approximate surface area is 216 Å². The van der Waals surface area contributed by atoms with Crippen LogP contribution in [0.15, 0.2) is 29.1 Å². The number of aliphatic hydroxyl groups is 1. The summed E-state index contributed by atoms with van der Waals surface area (Å²) in [5.74, 6) is -0.683. The van der Waals surface area contributed by atoms with E-state index < -0.39 is 25.6 Å². The monoisotopic (exact) mass is 520 g/mol. The zero-order valence-corrected chi connectivity index (χ0v) is 23.3. The van der Waals surface area contributed by atoms with Gasteiger partial charge >= 0.3 is 11.9 Å². The summed E-state index contributed by atoms with van der Waals surface area (Å²) in [6.07, 6.45) is 0.0911. The van der Waals surface area contributed by atoms with E-state index in [9.17, 15) is 19.5 Å². The number of carbonyl (C=O) groups is 2. The molecule has 37 heavy (non-hydrogen) atoms. The van der Waals surface area contributed by atoms with Crippen LogP contribution in [0.2, 0.25) is 18.1 Å². The highest BCUT2D eigenvalue weighted by molar-refractivity contribution is 6.94. The van der Waals surface area contributed by atoms with Crippen LogP contribution in [0.3, 0.4) is 0 Å². The molecule has 0 amide bonds. The summed E-state index contributed by atoms with van der Waals surface area (Å²) in [4.78, 5) is 42.9. The molecular weight excluding hydrogens is 488 g/mol. The minimum Gasteiger partial charge on any atom is -0.458 e. The SMILES string of the molecule is CC[C@@]1(O)C(=O)OCc2c1cc1n(c2=O)Cc2c-1nc1ccc(OC(C)=O)cc1c2[Si](C)(C)C(C)(C)C. The Morgan fingerprint density at radius 1 is 1.22 bits per heavy atom. The lowest BCUT2D eigenvalue weighted by Gasteiger charge is -2.39. The summed E-state index contributed by atoms with van der Waals surface area (Å²) in [5, 5.41) is 13.2. The van der Waals surface area contributed by atoms with Gasteiger partial charge in [-0.1, -0.05) is 40.8 Å². The number of ether oxygens (including phenoxy) is 2. The fourth-order valence-electron chi connectivity index (χ4n) is 5.38. The molecule has 9 heteroatoms. The molecule has 0 radical (unpaired) electrons. The Morgan fingerprint density at radius 2 is 1.92 bits per heavy atom. The Kier molecular flexibility index (Phi) is 5.55. The quantitative estimate of drug-likeness (QED) is 0.249. The molecule has 3 aromatic rings. The zero-order valence-electron chi connectivity index (χ0n) is 22.3. The molecule has 4 heterocycles. The molecule has 5 rings (SSSR count). The highest BCUT2D eigenvalue weighted by atomic mass is 28.3. The van der Waals surface area contributed by atoms with E-state index in [0.29, 0.717) is 34.8 Å². The average molecular weight is 521 g/mol. The first-order valence-corrected chi connectivity index (χ1v) is 15.5. The average Bonchev–Trinajstić information content (AvgIpc) is 3.17. The fourth-order valence-corrected chi connectivity index (χ4v) is 7.95. The van der Waals surface area contributed by atoms with Gasteiger partial charge in [0.25, 0.3) is 5.56 Å². The smallest absolute Gasteiger partial charge is 0.343 e. The van der Waals surface area contributed by atoms with Crippen LogP contribution in [0, 0.1) is 0 Å². The molecule has 0 saturated heterocycles. The number of pyridine rings is 2. The molecule has 2 aromatic heterocycles. The second-order valence-corrected chi connectivity index (χ2v) is 16.8. The fraction of sp³-hybridized carbons (Fsp3) is 0.429. The van der Waals surface area contributed by atoms with Gasteiger partial charge < -0.3 is 19.1 Å². The van der Waals surface area contributed by atoms with Gasteiger partial charge in [0, 0.05) is 17.9 Å². The van der Waals surface area contributed by atoms with Gasteiger partial charge in [0.05, 0.1) is 37.1 Å². The van der Waals surface area contributed by atoms with Crippen molar-refractivity contribution in [3.8, 4) is 17.1 Å². The van der Waals surface area contributed by atoms with Crippen molar-refractivity contribution in [2.45, 2.75) is 77.9 Å². The van der Waals surface area contributed by atoms with Crippen LogP contribution in [0.5, 0.6) is 5.75 Å². The van der Waals surface area contributed by atoms with Crippen LogP contribution < -0.4 is 15.5 Å². The molecule has 2 aliphatic rings. The Morgan fingerprint density at radius 3 is 2.54 bits per heavy atom. The van der Waals surface area contributed by atoms with Crippen molar-refractivity contribution < 1.29 is 24.2 Å². The molecule has 194 valence electrons. The van der Waals surface area contributed by atoms with Gasteiger partial charge in [0.15, 0.2) is 5.60 Å². The third-order valence-corrected chi connectivity index (χ3v) is 14.0. The number of carbonyl (C=O) groups excluding carboxylic acids is 2. The number of aromatic nitrogens is 2. The summed E-state index contributed by atoms with van der Waals surface area (Å²) in [7, 11) is -2.22. The van der Waals surface area contributed by atoms with E-state index >= 15 is 0 Å². The highest BCUT2D eigenvalue weighted by Gasteiger charge is 2.47. The lowest BCUT2D eigenvalue weighted by atomic mass is 9.86. The molecule has 0 spiro atoms. The first-order valence-electron chi connectivity index (χ1n) is 12.5. The van der Waals surface area contributed by atoms with Crippen molar-refractivity contribution in [2.24, 2.45) is 0 Å². The third kappa shape index (κ3) is 3.59. The summed E-state index contributed by atoms with van der Waals surface area (Å²) in [6.45, 7) is 14.5. The molecule has 0 bridgehead atoms. The third-order valence-electron chi connectivity index (χ3n) is 8.42. The lowest BCUT2D eigenvalue weighted by molar-refractivity contribution is -0.172. The molecule has 1 aromatic carbocycles. The largest absolute Gasteiger partial charge is 0.458 e. The summed E-state index contributed by atoms with van der Waals surface area (Å²) in [5.41, 5.74) is 1.42. The number of hydrogen-bond donors (Lipinski definition) is 1. The maximum atomic E-state index is 13.7. The van der Waals surface area contributed by atoms with Crippen LogP contribution in [0.4, 0.5) is 0 Å². The number of nitrogens with zero attached hydrogens (tertiary/aromatic N) is 2. The molecule has 0 unspecified atom stereocenters. The molecule has 1 atom stereocenters. The predicted octanol–water partition coefficient (Wildman–Crippen LogP) is 3.72. The van der Waals surface area contributed by atoms with E-state index in [-0.39, 0.29) is 23.6 Å². The molecule has 1 N–H and O–H groups in total. The number of fused-ring (bicyclic) bond motifs is 5. The Bertz CT molecular complexity index is 1570. The molecule has 0 saturated carbocycles. The minimum atomic E-state index is -2.22. The van der Waals surface area contributed by atoms with Crippen LogP contribution in [0.1, 0.15) is 57.7 Å².